The van der Waals surface area contributed by atoms with Crippen molar-refractivity contribution in [3.63, 3.8) is 0 Å². The number of nitrogens with zero attached hydrogens (tertiary/aromatic N) is 2. The fraction of sp³-hybridized carbons (Fsp3) is 0.111. The first-order chi connectivity index (χ1) is 16.4. The van der Waals surface area contributed by atoms with Gasteiger partial charge in [0.15, 0.2) is 0 Å². The number of imide groups is 1. The fourth-order valence-electron chi connectivity index (χ4n) is 4.13. The molecule has 0 N–H and O–H groups in total. The van der Waals surface area contributed by atoms with Crippen molar-refractivity contribution in [2.24, 2.45) is 0 Å². The van der Waals surface area contributed by atoms with Gasteiger partial charge in [-0.05, 0) is 54.1 Å². The smallest absolute Gasteiger partial charge is 0.293 e. The van der Waals surface area contributed by atoms with E-state index in [0.717, 1.165) is 44.9 Å². The number of rotatable bonds is 5. The molecule has 170 valence electrons. The average molecular weight is 507 g/mol. The Kier molecular flexibility index (Phi) is 6.26. The van der Waals surface area contributed by atoms with Gasteiger partial charge in [0, 0.05) is 39.3 Å². The SMILES string of the molecule is Cc1cccc(CN2C(=O)S/C(=C/c3cn(Cc4ccc(Cl)cc4Cl)c4ccccc34)C2=O)c1. The Morgan fingerprint density at radius 2 is 1.76 bits per heavy atom. The van der Waals surface area contributed by atoms with Crippen LogP contribution in [0.5, 0.6) is 0 Å². The van der Waals surface area contributed by atoms with E-state index in [1.54, 1.807) is 6.07 Å². The lowest BCUT2D eigenvalue weighted by Crippen LogP contribution is -2.27. The van der Waals surface area contributed by atoms with Crippen molar-refractivity contribution in [3.05, 3.63) is 110 Å². The Hall–Kier alpha value is -2.99. The maximum Gasteiger partial charge on any atom is 0.293 e. The largest absolute Gasteiger partial charge is 0.342 e. The zero-order valence-corrected chi connectivity index (χ0v) is 20.6. The van der Waals surface area contributed by atoms with Gasteiger partial charge in [0.2, 0.25) is 0 Å². The van der Waals surface area contributed by atoms with Crippen molar-refractivity contribution in [1.29, 1.82) is 0 Å². The number of hydrogen-bond acceptors (Lipinski definition) is 3. The number of aromatic nitrogens is 1. The van der Waals surface area contributed by atoms with Gasteiger partial charge in [-0.15, -0.1) is 0 Å². The van der Waals surface area contributed by atoms with Gasteiger partial charge in [0.1, 0.15) is 0 Å². The van der Waals surface area contributed by atoms with Crippen molar-refractivity contribution < 1.29 is 9.59 Å². The van der Waals surface area contributed by atoms with Crippen LogP contribution >= 0.6 is 35.0 Å². The number of amides is 2. The van der Waals surface area contributed by atoms with Gasteiger partial charge >= 0.3 is 0 Å². The molecule has 1 aliphatic heterocycles. The van der Waals surface area contributed by atoms with Gasteiger partial charge in [-0.1, -0.05) is 77.3 Å². The second-order valence-electron chi connectivity index (χ2n) is 8.22. The molecule has 0 radical (unpaired) electrons. The molecular weight excluding hydrogens is 487 g/mol. The van der Waals surface area contributed by atoms with Crippen LogP contribution in [0.1, 0.15) is 22.3 Å². The number of carbonyl (C=O) groups excluding carboxylic acids is 2. The predicted octanol–water partition coefficient (Wildman–Crippen LogP) is 7.54. The molecule has 0 atom stereocenters. The molecule has 2 amide bonds. The number of carbonyl (C=O) groups is 2. The second kappa shape index (κ2) is 9.34. The lowest BCUT2D eigenvalue weighted by molar-refractivity contribution is -0.123. The Morgan fingerprint density at radius 1 is 0.941 bits per heavy atom. The average Bonchev–Trinajstić information content (AvgIpc) is 3.28. The number of hydrogen-bond donors (Lipinski definition) is 0. The minimum absolute atomic E-state index is 0.255. The summed E-state index contributed by atoms with van der Waals surface area (Å²) in [5.41, 5.74) is 4.85. The van der Waals surface area contributed by atoms with Gasteiger partial charge in [-0.25, -0.2) is 0 Å². The zero-order chi connectivity index (χ0) is 23.8. The predicted molar refractivity (Wildman–Crippen MR) is 140 cm³/mol. The molecule has 4 aromatic rings. The molecule has 2 heterocycles. The van der Waals surface area contributed by atoms with E-state index in [1.807, 2.05) is 79.9 Å². The third kappa shape index (κ3) is 4.51. The van der Waals surface area contributed by atoms with Crippen molar-refractivity contribution in [3.8, 4) is 0 Å². The van der Waals surface area contributed by atoms with Gasteiger partial charge in [-0.2, -0.15) is 0 Å². The summed E-state index contributed by atoms with van der Waals surface area (Å²) < 4.78 is 2.09. The highest BCUT2D eigenvalue weighted by molar-refractivity contribution is 8.18. The second-order valence-corrected chi connectivity index (χ2v) is 10.1. The van der Waals surface area contributed by atoms with E-state index in [1.165, 1.54) is 4.90 Å². The van der Waals surface area contributed by atoms with Crippen molar-refractivity contribution in [2.75, 3.05) is 0 Å². The number of thioether (sulfide) groups is 1. The number of aryl methyl sites for hydroxylation is 1. The van der Waals surface area contributed by atoms with Crippen LogP contribution in [0.2, 0.25) is 10.0 Å². The minimum Gasteiger partial charge on any atom is -0.342 e. The maximum absolute atomic E-state index is 13.1. The third-order valence-corrected chi connectivity index (χ3v) is 7.25. The van der Waals surface area contributed by atoms with E-state index in [2.05, 4.69) is 4.57 Å². The molecule has 0 unspecified atom stereocenters. The summed E-state index contributed by atoms with van der Waals surface area (Å²) in [6.45, 7) is 2.81. The third-order valence-electron chi connectivity index (χ3n) is 5.76. The van der Waals surface area contributed by atoms with E-state index in [4.69, 9.17) is 23.2 Å². The number of fused-ring (bicyclic) bond motifs is 1. The van der Waals surface area contributed by atoms with Gasteiger partial charge < -0.3 is 4.57 Å². The molecule has 0 spiro atoms. The fourth-order valence-corrected chi connectivity index (χ4v) is 5.42. The van der Waals surface area contributed by atoms with Crippen LogP contribution in [0, 0.1) is 6.92 Å². The molecule has 0 saturated carbocycles. The monoisotopic (exact) mass is 506 g/mol. The molecule has 3 aromatic carbocycles. The van der Waals surface area contributed by atoms with Gasteiger partial charge in [-0.3, -0.25) is 14.5 Å². The van der Waals surface area contributed by atoms with E-state index in [-0.39, 0.29) is 17.7 Å². The lowest BCUT2D eigenvalue weighted by Gasteiger charge is -2.12. The molecule has 1 aliphatic rings. The standard InChI is InChI=1S/C27H20Cl2N2O2S/c1-17-5-4-6-18(11-17)14-31-26(32)25(34-27(31)33)12-20-16-30(24-8-3-2-7-22(20)24)15-19-9-10-21(28)13-23(19)29/h2-13,16H,14-15H2,1H3/b25-12+. The first-order valence-corrected chi connectivity index (χ1v) is 12.3. The summed E-state index contributed by atoms with van der Waals surface area (Å²) in [7, 11) is 0. The molecule has 5 rings (SSSR count). The van der Waals surface area contributed by atoms with E-state index < -0.39 is 0 Å². The van der Waals surface area contributed by atoms with Crippen molar-refractivity contribution in [1.82, 2.24) is 9.47 Å². The van der Waals surface area contributed by atoms with Crippen LogP contribution in [0.4, 0.5) is 4.79 Å². The summed E-state index contributed by atoms with van der Waals surface area (Å²) in [5, 5.41) is 1.94. The van der Waals surface area contributed by atoms with Crippen molar-refractivity contribution in [2.45, 2.75) is 20.0 Å². The van der Waals surface area contributed by atoms with Crippen LogP contribution in [0.3, 0.4) is 0 Å². The topological polar surface area (TPSA) is 42.3 Å². The summed E-state index contributed by atoms with van der Waals surface area (Å²) >= 11 is 13.4. The van der Waals surface area contributed by atoms with E-state index >= 15 is 0 Å². The van der Waals surface area contributed by atoms with Gasteiger partial charge in [0.05, 0.1) is 11.4 Å². The number of benzene rings is 3. The minimum atomic E-state index is -0.269. The summed E-state index contributed by atoms with van der Waals surface area (Å²) in [6, 6.07) is 21.3. The first kappa shape index (κ1) is 22.8. The molecule has 34 heavy (non-hydrogen) atoms. The van der Waals surface area contributed by atoms with Crippen molar-refractivity contribution >= 4 is 63.1 Å². The molecule has 0 bridgehead atoms. The molecule has 1 aromatic heterocycles. The Bertz CT molecular complexity index is 1470. The Labute approximate surface area is 211 Å². The normalized spacial score (nSPS) is 15.1. The highest BCUT2D eigenvalue weighted by Crippen LogP contribution is 2.35. The molecule has 0 aliphatic carbocycles. The quantitative estimate of drug-likeness (QED) is 0.262. The van der Waals surface area contributed by atoms with Crippen LogP contribution in [-0.4, -0.2) is 20.6 Å². The maximum atomic E-state index is 13.1. The molecular formula is C27H20Cl2N2O2S. The molecule has 1 fully saturated rings. The van der Waals surface area contributed by atoms with Crippen LogP contribution in [-0.2, 0) is 17.9 Å². The summed E-state index contributed by atoms with van der Waals surface area (Å²) in [5.74, 6) is -0.269. The van der Waals surface area contributed by atoms with Gasteiger partial charge in [0.25, 0.3) is 11.1 Å². The Balaban J connectivity index is 1.47. The van der Waals surface area contributed by atoms with E-state index in [9.17, 15) is 9.59 Å². The van der Waals surface area contributed by atoms with Crippen LogP contribution < -0.4 is 0 Å². The summed E-state index contributed by atoms with van der Waals surface area (Å²) in [4.78, 5) is 27.5. The molecule has 7 heteroatoms. The van der Waals surface area contributed by atoms with Crippen LogP contribution in [0.15, 0.2) is 77.8 Å². The number of halogens is 2. The number of para-hydroxylation sites is 1. The highest BCUT2D eigenvalue weighted by Gasteiger charge is 2.35. The molecule has 1 saturated heterocycles. The van der Waals surface area contributed by atoms with Crippen LogP contribution in [0.25, 0.3) is 17.0 Å². The van der Waals surface area contributed by atoms with E-state index in [0.29, 0.717) is 21.5 Å². The lowest BCUT2D eigenvalue weighted by atomic mass is 10.1. The highest BCUT2D eigenvalue weighted by atomic mass is 35.5. The molecule has 4 nitrogen and oxygen atoms in total. The summed E-state index contributed by atoms with van der Waals surface area (Å²) in [6.07, 6.45) is 3.80. The Morgan fingerprint density at radius 3 is 2.56 bits per heavy atom. The first-order valence-electron chi connectivity index (χ1n) is 10.7. The zero-order valence-electron chi connectivity index (χ0n) is 18.3.